The fourth-order valence-corrected chi connectivity index (χ4v) is 3.99. The minimum atomic E-state index is -4.49. The smallest absolute Gasteiger partial charge is 0.410 e. The third-order valence-corrected chi connectivity index (χ3v) is 5.06. The van der Waals surface area contributed by atoms with Crippen LogP contribution in [0.1, 0.15) is 27.2 Å². The monoisotopic (exact) mass is 321 g/mol. The number of hydrogen-bond acceptors (Lipinski definition) is 4. The van der Waals surface area contributed by atoms with Gasteiger partial charge in [-0.15, -0.1) is 0 Å². The lowest BCUT2D eigenvalue weighted by Gasteiger charge is -2.54. The van der Waals surface area contributed by atoms with Gasteiger partial charge in [-0.25, -0.2) is 4.79 Å². The van der Waals surface area contributed by atoms with E-state index >= 15 is 0 Å². The molecule has 124 valence electrons. The van der Waals surface area contributed by atoms with E-state index in [4.69, 9.17) is 9.47 Å². The van der Waals surface area contributed by atoms with Crippen LogP contribution >= 0.6 is 0 Å². The molecule has 3 fully saturated rings. The lowest BCUT2D eigenvalue weighted by molar-refractivity contribution is -0.297. The van der Waals surface area contributed by atoms with E-state index in [1.165, 1.54) is 0 Å². The van der Waals surface area contributed by atoms with E-state index in [2.05, 4.69) is 0 Å². The number of halogens is 3. The van der Waals surface area contributed by atoms with Crippen LogP contribution in [0.2, 0.25) is 0 Å². The Kier molecular flexibility index (Phi) is 2.86. The van der Waals surface area contributed by atoms with Gasteiger partial charge < -0.3 is 14.4 Å². The van der Waals surface area contributed by atoms with Crippen molar-refractivity contribution in [2.24, 2.45) is 16.7 Å². The Morgan fingerprint density at radius 3 is 2.45 bits per heavy atom. The summed E-state index contributed by atoms with van der Waals surface area (Å²) in [5.74, 6) is -1.37. The van der Waals surface area contributed by atoms with Gasteiger partial charge in [-0.2, -0.15) is 13.2 Å². The number of cyclic esters (lactones) is 1. The van der Waals surface area contributed by atoms with Gasteiger partial charge in [0, 0.05) is 13.1 Å². The molecule has 0 radical (unpaired) electrons. The Hall–Kier alpha value is -1.47. The van der Waals surface area contributed by atoms with Crippen molar-refractivity contribution in [3.63, 3.8) is 0 Å². The van der Waals surface area contributed by atoms with Gasteiger partial charge in [0.05, 0.1) is 16.7 Å². The SMILES string of the molecule is CC(C)(C)OC(=O)N1CC23COC(=O)C2CC3(C(F)(F)F)C1. The van der Waals surface area contributed by atoms with Crippen molar-refractivity contribution in [3.05, 3.63) is 0 Å². The zero-order valence-electron chi connectivity index (χ0n) is 12.6. The van der Waals surface area contributed by atoms with Crippen LogP contribution in [0.25, 0.3) is 0 Å². The minimum absolute atomic E-state index is 0.155. The summed E-state index contributed by atoms with van der Waals surface area (Å²) in [6, 6.07) is 0. The number of carbonyl (C=O) groups excluding carboxylic acids is 2. The molecule has 1 spiro atoms. The standard InChI is InChI=1S/C14H18F3NO4/c1-11(2,3)22-10(20)18-5-12-7-21-9(19)8(12)4-13(12,6-18)14(15,16)17/h8H,4-7H2,1-3H3. The molecule has 8 heteroatoms. The predicted molar refractivity (Wildman–Crippen MR) is 67.8 cm³/mol. The molecule has 2 heterocycles. The van der Waals surface area contributed by atoms with Crippen molar-refractivity contribution < 1.29 is 32.2 Å². The van der Waals surface area contributed by atoms with Gasteiger partial charge in [-0.05, 0) is 27.2 Å². The molecule has 3 atom stereocenters. The summed E-state index contributed by atoms with van der Waals surface area (Å²) in [5, 5.41) is 0. The second-order valence-corrected chi connectivity index (χ2v) is 7.44. The van der Waals surface area contributed by atoms with Crippen LogP contribution in [0.3, 0.4) is 0 Å². The first kappa shape index (κ1) is 15.4. The Labute approximate surface area is 125 Å². The maximum absolute atomic E-state index is 13.6. The highest BCUT2D eigenvalue weighted by Crippen LogP contribution is 2.73. The number of likely N-dealkylation sites (tertiary alicyclic amines) is 1. The van der Waals surface area contributed by atoms with Crippen LogP contribution in [0.5, 0.6) is 0 Å². The van der Waals surface area contributed by atoms with E-state index in [0.29, 0.717) is 0 Å². The van der Waals surface area contributed by atoms with Crippen LogP contribution in [0.4, 0.5) is 18.0 Å². The molecule has 5 nitrogen and oxygen atoms in total. The zero-order chi connectivity index (χ0) is 16.6. The summed E-state index contributed by atoms with van der Waals surface area (Å²) in [7, 11) is 0. The van der Waals surface area contributed by atoms with Crippen molar-refractivity contribution >= 4 is 12.1 Å². The van der Waals surface area contributed by atoms with E-state index in [-0.39, 0.29) is 19.6 Å². The van der Waals surface area contributed by atoms with Crippen LogP contribution in [-0.2, 0) is 14.3 Å². The summed E-state index contributed by atoms with van der Waals surface area (Å²) in [6.45, 7) is 4.04. The lowest BCUT2D eigenvalue weighted by Crippen LogP contribution is -2.64. The summed E-state index contributed by atoms with van der Waals surface area (Å²) in [6.07, 6.45) is -5.58. The maximum Gasteiger partial charge on any atom is 0.410 e. The lowest BCUT2D eigenvalue weighted by atomic mass is 9.46. The van der Waals surface area contributed by atoms with Crippen molar-refractivity contribution in [1.29, 1.82) is 0 Å². The quantitative estimate of drug-likeness (QED) is 0.643. The first-order chi connectivity index (χ1) is 9.92. The number of amides is 1. The number of nitrogens with zero attached hydrogens (tertiary/aromatic N) is 1. The Morgan fingerprint density at radius 2 is 1.95 bits per heavy atom. The molecule has 22 heavy (non-hydrogen) atoms. The highest BCUT2D eigenvalue weighted by Gasteiger charge is 2.84. The van der Waals surface area contributed by atoms with E-state index < -0.39 is 47.1 Å². The molecule has 2 saturated heterocycles. The predicted octanol–water partition coefficient (Wildman–Crippen LogP) is 2.35. The molecular formula is C14H18F3NO4. The molecule has 1 saturated carbocycles. The Balaban J connectivity index is 1.89. The first-order valence-corrected chi connectivity index (χ1v) is 7.13. The molecular weight excluding hydrogens is 303 g/mol. The Bertz CT molecular complexity index is 541. The van der Waals surface area contributed by atoms with E-state index in [1.807, 2.05) is 0 Å². The van der Waals surface area contributed by atoms with Gasteiger partial charge in [-0.1, -0.05) is 0 Å². The summed E-state index contributed by atoms with van der Waals surface area (Å²) in [4.78, 5) is 24.8. The number of ether oxygens (including phenoxy) is 2. The van der Waals surface area contributed by atoms with Crippen LogP contribution in [-0.4, -0.2) is 48.4 Å². The second-order valence-electron chi connectivity index (χ2n) is 7.44. The largest absolute Gasteiger partial charge is 0.465 e. The molecule has 0 aromatic carbocycles. The topological polar surface area (TPSA) is 55.8 Å². The molecule has 0 N–H and O–H groups in total. The van der Waals surface area contributed by atoms with Crippen molar-refractivity contribution in [1.82, 2.24) is 4.90 Å². The van der Waals surface area contributed by atoms with Crippen LogP contribution in [0, 0.1) is 16.7 Å². The van der Waals surface area contributed by atoms with Gasteiger partial charge in [0.2, 0.25) is 0 Å². The molecule has 0 bridgehead atoms. The third kappa shape index (κ3) is 1.78. The molecule has 0 aromatic rings. The third-order valence-electron chi connectivity index (χ3n) is 5.06. The number of esters is 1. The van der Waals surface area contributed by atoms with Crippen molar-refractivity contribution in [3.8, 4) is 0 Å². The number of rotatable bonds is 0. The van der Waals surface area contributed by atoms with Crippen molar-refractivity contribution in [2.45, 2.75) is 39.0 Å². The van der Waals surface area contributed by atoms with Crippen molar-refractivity contribution in [2.75, 3.05) is 19.7 Å². The van der Waals surface area contributed by atoms with Gasteiger partial charge in [0.25, 0.3) is 0 Å². The minimum Gasteiger partial charge on any atom is -0.465 e. The van der Waals surface area contributed by atoms with Crippen LogP contribution < -0.4 is 0 Å². The van der Waals surface area contributed by atoms with Gasteiger partial charge in [0.1, 0.15) is 12.2 Å². The normalized spacial score (nSPS) is 37.3. The zero-order valence-corrected chi connectivity index (χ0v) is 12.6. The Morgan fingerprint density at radius 1 is 1.32 bits per heavy atom. The molecule has 3 rings (SSSR count). The summed E-state index contributed by atoms with van der Waals surface area (Å²) >= 11 is 0. The molecule has 1 amide bonds. The molecule has 0 aromatic heterocycles. The van der Waals surface area contributed by atoms with Gasteiger partial charge >= 0.3 is 18.2 Å². The maximum atomic E-state index is 13.6. The van der Waals surface area contributed by atoms with E-state index in [1.54, 1.807) is 20.8 Å². The van der Waals surface area contributed by atoms with E-state index in [9.17, 15) is 22.8 Å². The number of hydrogen-bond donors (Lipinski definition) is 0. The highest BCUT2D eigenvalue weighted by molar-refractivity contribution is 5.79. The van der Waals surface area contributed by atoms with Crippen LogP contribution in [0.15, 0.2) is 0 Å². The number of carbonyl (C=O) groups is 2. The first-order valence-electron chi connectivity index (χ1n) is 7.13. The number of alkyl halides is 3. The van der Waals surface area contributed by atoms with Gasteiger partial charge in [0.15, 0.2) is 0 Å². The second kappa shape index (κ2) is 4.08. The molecule has 1 aliphatic carbocycles. The fraction of sp³-hybridized carbons (Fsp3) is 0.857. The fourth-order valence-electron chi connectivity index (χ4n) is 3.99. The molecule has 3 unspecified atom stereocenters. The summed E-state index contributed by atoms with van der Waals surface area (Å²) < 4.78 is 51.0. The molecule has 3 aliphatic rings. The van der Waals surface area contributed by atoms with Gasteiger partial charge in [-0.3, -0.25) is 4.79 Å². The average Bonchev–Trinajstić information content (AvgIpc) is 2.70. The highest BCUT2D eigenvalue weighted by atomic mass is 19.4. The molecule has 2 aliphatic heterocycles. The average molecular weight is 321 g/mol. The van der Waals surface area contributed by atoms with E-state index in [0.717, 1.165) is 4.90 Å². The summed E-state index contributed by atoms with van der Waals surface area (Å²) in [5.41, 5.74) is -4.20.